The van der Waals surface area contributed by atoms with Crippen LogP contribution in [0.4, 0.5) is 13.2 Å². The first kappa shape index (κ1) is 24.1. The van der Waals surface area contributed by atoms with Crippen molar-refractivity contribution in [2.45, 2.75) is 30.8 Å². The Morgan fingerprint density at radius 1 is 1.16 bits per heavy atom. The molecule has 9 nitrogen and oxygen atoms in total. The molecule has 2 aliphatic heterocycles. The molecule has 5 heterocycles. The largest absolute Gasteiger partial charge is 0.346 e. The first-order valence-electron chi connectivity index (χ1n) is 12.3. The highest BCUT2D eigenvalue weighted by atomic mass is 19.2. The van der Waals surface area contributed by atoms with Crippen molar-refractivity contribution >= 4 is 16.9 Å². The summed E-state index contributed by atoms with van der Waals surface area (Å²) in [5.74, 6) is -4.86. The van der Waals surface area contributed by atoms with Crippen molar-refractivity contribution in [1.82, 2.24) is 34.5 Å². The van der Waals surface area contributed by atoms with Crippen LogP contribution in [0.5, 0.6) is 0 Å². The molecule has 38 heavy (non-hydrogen) atoms. The van der Waals surface area contributed by atoms with Gasteiger partial charge < -0.3 is 9.88 Å². The van der Waals surface area contributed by atoms with Crippen LogP contribution in [-0.4, -0.2) is 72.7 Å². The number of carbonyl (C=O) groups excluding carboxylic acids is 1. The second kappa shape index (κ2) is 9.25. The molecule has 0 unspecified atom stereocenters. The third-order valence-electron chi connectivity index (χ3n) is 7.60. The van der Waals surface area contributed by atoms with Crippen molar-refractivity contribution in [3.8, 4) is 17.3 Å². The molecular formula is C26H23F3N8O. The third kappa shape index (κ3) is 3.99. The first-order chi connectivity index (χ1) is 18.4. The number of nitrogens with zero attached hydrogens (tertiary/aromatic N) is 7. The van der Waals surface area contributed by atoms with Crippen molar-refractivity contribution < 1.29 is 18.0 Å². The minimum Gasteiger partial charge on any atom is -0.346 e. The lowest BCUT2D eigenvalue weighted by Crippen LogP contribution is -2.66. The van der Waals surface area contributed by atoms with E-state index >= 15 is 0 Å². The zero-order valence-corrected chi connectivity index (χ0v) is 20.2. The van der Waals surface area contributed by atoms with Crippen LogP contribution in [0.25, 0.3) is 22.3 Å². The second-order valence-corrected chi connectivity index (χ2v) is 9.88. The normalized spacial score (nSPS) is 17.9. The summed E-state index contributed by atoms with van der Waals surface area (Å²) in [6.07, 6.45) is 8.64. The van der Waals surface area contributed by atoms with Crippen molar-refractivity contribution in [2.75, 3.05) is 26.2 Å². The molecule has 4 aromatic rings. The topological polar surface area (TPSA) is 107 Å². The number of hydrogen-bond donors (Lipinski definition) is 1. The van der Waals surface area contributed by atoms with Crippen LogP contribution in [0.3, 0.4) is 0 Å². The van der Waals surface area contributed by atoms with Gasteiger partial charge in [0.05, 0.1) is 24.4 Å². The number of H-pyrrole nitrogens is 1. The summed E-state index contributed by atoms with van der Waals surface area (Å²) in [5.41, 5.74) is 1.68. The molecule has 0 radical (unpaired) electrons. The minimum absolute atomic E-state index is 0.198. The average molecular weight is 521 g/mol. The predicted molar refractivity (Wildman–Crippen MR) is 130 cm³/mol. The zero-order chi connectivity index (χ0) is 26.4. The fourth-order valence-corrected chi connectivity index (χ4v) is 5.56. The highest BCUT2D eigenvalue weighted by molar-refractivity contribution is 5.94. The average Bonchev–Trinajstić information content (AvgIpc) is 3.59. The van der Waals surface area contributed by atoms with Gasteiger partial charge in [0, 0.05) is 61.1 Å². The van der Waals surface area contributed by atoms with E-state index in [1.54, 1.807) is 6.20 Å². The molecule has 2 fully saturated rings. The Bertz CT molecular complexity index is 1540. The molecule has 1 aromatic carbocycles. The molecule has 1 amide bonds. The minimum atomic E-state index is -1.59. The standard InChI is InChI=1S/C26H23F3N8O/c27-20-9-16(10-21(28)22(20)29)25(38)35-7-2-18(3-8-35)36-13-26(14-36,4-5-30)37-12-17(11-34-37)23-19-1-6-31-24(19)33-15-32-23/h1,6,9-12,15,18H,2-4,7-8,13-14H2,(H,31,32,33). The summed E-state index contributed by atoms with van der Waals surface area (Å²) in [6, 6.07) is 5.89. The second-order valence-electron chi connectivity index (χ2n) is 9.88. The van der Waals surface area contributed by atoms with Gasteiger partial charge in [-0.2, -0.15) is 10.4 Å². The smallest absolute Gasteiger partial charge is 0.254 e. The zero-order valence-electron chi connectivity index (χ0n) is 20.2. The lowest BCUT2D eigenvalue weighted by Gasteiger charge is -2.53. The Kier molecular flexibility index (Phi) is 5.87. The number of nitrogens with one attached hydrogen (secondary N) is 1. The molecule has 2 saturated heterocycles. The van der Waals surface area contributed by atoms with E-state index in [4.69, 9.17) is 0 Å². The third-order valence-corrected chi connectivity index (χ3v) is 7.60. The number of hydrogen-bond acceptors (Lipinski definition) is 6. The molecular weight excluding hydrogens is 497 g/mol. The molecule has 1 N–H and O–H groups in total. The summed E-state index contributed by atoms with van der Waals surface area (Å²) in [7, 11) is 0. The van der Waals surface area contributed by atoms with E-state index in [2.05, 4.69) is 31.0 Å². The lowest BCUT2D eigenvalue weighted by molar-refractivity contribution is -0.0412. The van der Waals surface area contributed by atoms with Crippen LogP contribution in [-0.2, 0) is 5.54 Å². The summed E-state index contributed by atoms with van der Waals surface area (Å²) in [5, 5.41) is 15.1. The Balaban J connectivity index is 1.12. The fraction of sp³-hybridized carbons (Fsp3) is 0.346. The van der Waals surface area contributed by atoms with Crippen molar-refractivity contribution in [1.29, 1.82) is 5.26 Å². The van der Waals surface area contributed by atoms with E-state index in [0.29, 0.717) is 45.4 Å². The van der Waals surface area contributed by atoms with Gasteiger partial charge in [-0.15, -0.1) is 0 Å². The molecule has 0 saturated carbocycles. The number of carbonyl (C=O) groups is 1. The Hall–Kier alpha value is -4.24. The Labute approximate surface area is 215 Å². The van der Waals surface area contributed by atoms with E-state index in [1.165, 1.54) is 11.2 Å². The van der Waals surface area contributed by atoms with Crippen LogP contribution in [0.1, 0.15) is 29.6 Å². The highest BCUT2D eigenvalue weighted by Crippen LogP contribution is 2.37. The van der Waals surface area contributed by atoms with Gasteiger partial charge in [0.25, 0.3) is 5.91 Å². The number of fused-ring (bicyclic) bond motifs is 1. The maximum Gasteiger partial charge on any atom is 0.254 e. The number of benzene rings is 1. The SMILES string of the molecule is N#CCC1(n2cc(-c3ncnc4[nH]ccc34)cn2)CN(C2CCN(C(=O)c3cc(F)c(F)c(F)c3)CC2)C1. The molecule has 0 bridgehead atoms. The summed E-state index contributed by atoms with van der Waals surface area (Å²) in [4.78, 5) is 28.3. The Morgan fingerprint density at radius 2 is 1.89 bits per heavy atom. The van der Waals surface area contributed by atoms with Crippen LogP contribution >= 0.6 is 0 Å². The van der Waals surface area contributed by atoms with E-state index in [1.807, 2.05) is 23.1 Å². The van der Waals surface area contributed by atoms with Gasteiger partial charge in [-0.25, -0.2) is 23.1 Å². The molecule has 3 aromatic heterocycles. The quantitative estimate of drug-likeness (QED) is 0.404. The summed E-state index contributed by atoms with van der Waals surface area (Å²) in [6.45, 7) is 2.10. The molecule has 194 valence electrons. The first-order valence-corrected chi connectivity index (χ1v) is 12.3. The Morgan fingerprint density at radius 3 is 2.61 bits per heavy atom. The lowest BCUT2D eigenvalue weighted by atomic mass is 9.83. The maximum absolute atomic E-state index is 13.6. The van der Waals surface area contributed by atoms with Gasteiger partial charge in [-0.05, 0) is 31.0 Å². The number of rotatable bonds is 5. The van der Waals surface area contributed by atoms with E-state index in [-0.39, 0.29) is 11.6 Å². The number of amides is 1. The highest BCUT2D eigenvalue weighted by Gasteiger charge is 2.48. The van der Waals surface area contributed by atoms with E-state index in [0.717, 1.165) is 34.4 Å². The molecule has 0 spiro atoms. The van der Waals surface area contributed by atoms with Crippen molar-refractivity contribution in [3.05, 3.63) is 66.1 Å². The number of aromatic nitrogens is 5. The maximum atomic E-state index is 13.6. The molecule has 0 aliphatic carbocycles. The number of halogens is 3. The molecule has 2 aliphatic rings. The van der Waals surface area contributed by atoms with Gasteiger partial charge in [0.2, 0.25) is 0 Å². The number of likely N-dealkylation sites (tertiary alicyclic amines) is 2. The van der Waals surface area contributed by atoms with Crippen LogP contribution in [0.15, 0.2) is 43.1 Å². The van der Waals surface area contributed by atoms with Gasteiger partial charge >= 0.3 is 0 Å². The predicted octanol–water partition coefficient (Wildman–Crippen LogP) is 3.47. The molecule has 0 atom stereocenters. The van der Waals surface area contributed by atoms with Gasteiger partial charge in [0.15, 0.2) is 17.5 Å². The molecule has 6 rings (SSSR count). The van der Waals surface area contributed by atoms with Crippen molar-refractivity contribution in [2.24, 2.45) is 0 Å². The van der Waals surface area contributed by atoms with Crippen molar-refractivity contribution in [3.63, 3.8) is 0 Å². The molecule has 12 heteroatoms. The fourth-order valence-electron chi connectivity index (χ4n) is 5.56. The monoisotopic (exact) mass is 520 g/mol. The number of nitriles is 1. The van der Waals surface area contributed by atoms with Crippen LogP contribution < -0.4 is 0 Å². The number of piperidine rings is 1. The van der Waals surface area contributed by atoms with Crippen LogP contribution in [0, 0.1) is 28.8 Å². The van der Waals surface area contributed by atoms with E-state index < -0.39 is 28.9 Å². The van der Waals surface area contributed by atoms with Gasteiger partial charge in [-0.3, -0.25) is 14.4 Å². The van der Waals surface area contributed by atoms with Gasteiger partial charge in [-0.1, -0.05) is 0 Å². The van der Waals surface area contributed by atoms with Crippen LogP contribution in [0.2, 0.25) is 0 Å². The van der Waals surface area contributed by atoms with E-state index in [9.17, 15) is 23.2 Å². The summed E-state index contributed by atoms with van der Waals surface area (Å²) < 4.78 is 42.3. The number of aromatic amines is 1. The summed E-state index contributed by atoms with van der Waals surface area (Å²) >= 11 is 0. The van der Waals surface area contributed by atoms with Gasteiger partial charge in [0.1, 0.15) is 17.5 Å².